The van der Waals surface area contributed by atoms with Crippen molar-refractivity contribution in [3.8, 4) is 0 Å². The van der Waals surface area contributed by atoms with E-state index in [1.165, 1.54) is 12.8 Å². The Morgan fingerprint density at radius 3 is 2.15 bits per heavy atom. The van der Waals surface area contributed by atoms with Gasteiger partial charge in [-0.05, 0) is 46.5 Å². The highest BCUT2D eigenvalue weighted by molar-refractivity contribution is 5.92. The number of carbonyl (C=O) groups excluding carboxylic acids is 2. The van der Waals surface area contributed by atoms with Gasteiger partial charge in [0.1, 0.15) is 11.1 Å². The largest absolute Gasteiger partial charge is 0.444 e. The molecule has 5 nitrogen and oxygen atoms in total. The molecule has 2 spiro atoms. The first kappa shape index (κ1) is 20.2. The van der Waals surface area contributed by atoms with E-state index in [4.69, 9.17) is 4.74 Å². The van der Waals surface area contributed by atoms with E-state index in [0.717, 1.165) is 51.4 Å². The van der Waals surface area contributed by atoms with E-state index in [1.54, 1.807) is 0 Å². The summed E-state index contributed by atoms with van der Waals surface area (Å²) in [5.74, 6) is 0.124. The molecule has 0 bridgehead atoms. The third-order valence-electron chi connectivity index (χ3n) is 6.58. The minimum atomic E-state index is -0.719. The average Bonchev–Trinajstić information content (AvgIpc) is 2.95. The van der Waals surface area contributed by atoms with Crippen LogP contribution >= 0.6 is 0 Å². The molecule has 1 aliphatic heterocycles. The van der Waals surface area contributed by atoms with Gasteiger partial charge < -0.3 is 9.64 Å². The molecule has 0 aromatic heterocycles. The minimum absolute atomic E-state index is 0.124. The fraction of sp³-hybridized carbons (Fsp3) is 0.818. The molecule has 5 heteroatoms. The zero-order valence-electron chi connectivity index (χ0n) is 17.4. The highest BCUT2D eigenvalue weighted by atomic mass is 16.6. The molecule has 2 aliphatic carbocycles. The Bertz CT molecular complexity index is 579. The van der Waals surface area contributed by atoms with Crippen molar-refractivity contribution in [2.45, 2.75) is 102 Å². The number of amides is 2. The van der Waals surface area contributed by atoms with E-state index in [-0.39, 0.29) is 17.5 Å². The van der Waals surface area contributed by atoms with Gasteiger partial charge in [-0.1, -0.05) is 44.6 Å². The lowest BCUT2D eigenvalue weighted by Gasteiger charge is -2.57. The molecule has 3 rings (SSSR count). The second-order valence-electron chi connectivity index (χ2n) is 9.65. The van der Waals surface area contributed by atoms with Crippen LogP contribution in [0.5, 0.6) is 0 Å². The van der Waals surface area contributed by atoms with Gasteiger partial charge in [-0.2, -0.15) is 0 Å². The van der Waals surface area contributed by atoms with Gasteiger partial charge in [-0.15, -0.1) is 6.58 Å². The lowest BCUT2D eigenvalue weighted by molar-refractivity contribution is -0.164. The predicted octanol–water partition coefficient (Wildman–Crippen LogP) is 4.66. The van der Waals surface area contributed by atoms with Crippen molar-refractivity contribution in [1.29, 1.82) is 0 Å². The quantitative estimate of drug-likeness (QED) is 0.659. The highest BCUT2D eigenvalue weighted by Crippen LogP contribution is 2.47. The number of hydrogen-bond donors (Lipinski definition) is 0. The normalized spacial score (nSPS) is 24.9. The molecule has 3 fully saturated rings. The molecule has 2 amide bonds. The smallest absolute Gasteiger partial charge is 0.411 e. The summed E-state index contributed by atoms with van der Waals surface area (Å²) < 4.78 is 5.77. The molecule has 1 heterocycles. The van der Waals surface area contributed by atoms with Crippen LogP contribution in [0.4, 0.5) is 4.79 Å². The van der Waals surface area contributed by atoms with E-state index in [0.29, 0.717) is 13.1 Å². The summed E-state index contributed by atoms with van der Waals surface area (Å²) in [5.41, 5.74) is -1.55. The molecule has 0 unspecified atom stereocenters. The maximum atomic E-state index is 13.8. The Labute approximate surface area is 164 Å². The Hall–Kier alpha value is -1.52. The first-order valence-corrected chi connectivity index (χ1v) is 10.7. The van der Waals surface area contributed by atoms with Crippen LogP contribution in [0.3, 0.4) is 0 Å². The number of rotatable bonds is 2. The van der Waals surface area contributed by atoms with Crippen LogP contribution in [-0.4, -0.2) is 51.6 Å². The van der Waals surface area contributed by atoms with Gasteiger partial charge in [-0.3, -0.25) is 9.69 Å². The first-order chi connectivity index (χ1) is 12.7. The summed E-state index contributed by atoms with van der Waals surface area (Å²) in [7, 11) is 0. The van der Waals surface area contributed by atoms with Crippen LogP contribution in [0.15, 0.2) is 12.7 Å². The molecule has 0 N–H and O–H groups in total. The van der Waals surface area contributed by atoms with Crippen molar-refractivity contribution >= 4 is 12.0 Å². The van der Waals surface area contributed by atoms with Crippen molar-refractivity contribution < 1.29 is 14.3 Å². The van der Waals surface area contributed by atoms with Crippen molar-refractivity contribution in [3.05, 3.63) is 12.7 Å². The topological polar surface area (TPSA) is 49.9 Å². The van der Waals surface area contributed by atoms with E-state index >= 15 is 0 Å². The zero-order chi connectivity index (χ0) is 19.7. The van der Waals surface area contributed by atoms with Gasteiger partial charge in [0.15, 0.2) is 0 Å². The lowest BCUT2D eigenvalue weighted by atomic mass is 9.78. The molecule has 0 aromatic carbocycles. The highest BCUT2D eigenvalue weighted by Gasteiger charge is 2.60. The summed E-state index contributed by atoms with van der Waals surface area (Å²) in [6, 6.07) is 0. The Balaban J connectivity index is 2.01. The number of piperazine rings is 1. The monoisotopic (exact) mass is 376 g/mol. The van der Waals surface area contributed by atoms with Crippen LogP contribution in [0.2, 0.25) is 0 Å². The van der Waals surface area contributed by atoms with E-state index in [2.05, 4.69) is 11.5 Å². The van der Waals surface area contributed by atoms with Crippen LogP contribution < -0.4 is 0 Å². The molecule has 2 saturated carbocycles. The van der Waals surface area contributed by atoms with Crippen molar-refractivity contribution in [2.24, 2.45) is 0 Å². The van der Waals surface area contributed by atoms with E-state index < -0.39 is 11.1 Å². The molecular formula is C22H36N2O3. The minimum Gasteiger partial charge on any atom is -0.444 e. The maximum Gasteiger partial charge on any atom is 0.411 e. The predicted molar refractivity (Wildman–Crippen MR) is 106 cm³/mol. The third-order valence-corrected chi connectivity index (χ3v) is 6.58. The zero-order valence-corrected chi connectivity index (χ0v) is 17.4. The molecular weight excluding hydrogens is 340 g/mol. The fourth-order valence-corrected chi connectivity index (χ4v) is 5.33. The van der Waals surface area contributed by atoms with Gasteiger partial charge in [0.25, 0.3) is 0 Å². The standard InChI is InChI=1S/C22H36N2O3/c1-5-16-23-18(25)22(14-10-11-15-22)24(19(26)27-20(2,3)4)17-21(23)12-8-6-7-9-13-21/h5H,1,6-17H2,2-4H3. The van der Waals surface area contributed by atoms with Crippen LogP contribution in [0.25, 0.3) is 0 Å². The molecule has 1 saturated heterocycles. The summed E-state index contributed by atoms with van der Waals surface area (Å²) in [6.45, 7) is 10.8. The van der Waals surface area contributed by atoms with Gasteiger partial charge in [0, 0.05) is 13.1 Å². The van der Waals surface area contributed by atoms with Gasteiger partial charge in [0.2, 0.25) is 5.91 Å². The van der Waals surface area contributed by atoms with E-state index in [1.807, 2.05) is 31.7 Å². The molecule has 0 atom stereocenters. The number of nitrogens with zero attached hydrogens (tertiary/aromatic N) is 2. The van der Waals surface area contributed by atoms with E-state index in [9.17, 15) is 9.59 Å². The van der Waals surface area contributed by atoms with Gasteiger partial charge in [0.05, 0.1) is 5.54 Å². The summed E-state index contributed by atoms with van der Waals surface area (Å²) in [4.78, 5) is 31.0. The van der Waals surface area contributed by atoms with Gasteiger partial charge in [-0.25, -0.2) is 4.79 Å². The second kappa shape index (κ2) is 7.48. The third kappa shape index (κ3) is 3.74. The van der Waals surface area contributed by atoms with Crippen molar-refractivity contribution in [2.75, 3.05) is 13.1 Å². The van der Waals surface area contributed by atoms with Crippen LogP contribution in [0, 0.1) is 0 Å². The fourth-order valence-electron chi connectivity index (χ4n) is 5.33. The van der Waals surface area contributed by atoms with Crippen LogP contribution in [0.1, 0.15) is 85.0 Å². The summed E-state index contributed by atoms with van der Waals surface area (Å²) in [5, 5.41) is 0. The molecule has 0 radical (unpaired) electrons. The molecule has 3 aliphatic rings. The lowest BCUT2D eigenvalue weighted by Crippen LogP contribution is -2.74. The summed E-state index contributed by atoms with van der Waals surface area (Å²) >= 11 is 0. The Kier molecular flexibility index (Phi) is 5.60. The maximum absolute atomic E-state index is 13.8. The molecule has 0 aromatic rings. The summed E-state index contributed by atoms with van der Waals surface area (Å²) in [6.07, 6.45) is 11.5. The van der Waals surface area contributed by atoms with Crippen LogP contribution in [-0.2, 0) is 9.53 Å². The number of hydrogen-bond acceptors (Lipinski definition) is 3. The SMILES string of the molecule is C=CCN1C(=O)C2(CCCC2)N(C(=O)OC(C)(C)C)CC12CCCCCC2. The molecule has 152 valence electrons. The van der Waals surface area contributed by atoms with Crippen molar-refractivity contribution in [3.63, 3.8) is 0 Å². The number of ether oxygens (including phenoxy) is 1. The Morgan fingerprint density at radius 2 is 1.63 bits per heavy atom. The average molecular weight is 377 g/mol. The first-order valence-electron chi connectivity index (χ1n) is 10.7. The molecule has 27 heavy (non-hydrogen) atoms. The Morgan fingerprint density at radius 1 is 1.07 bits per heavy atom. The number of carbonyl (C=O) groups is 2. The second-order valence-corrected chi connectivity index (χ2v) is 9.65. The van der Waals surface area contributed by atoms with Gasteiger partial charge >= 0.3 is 6.09 Å². The van der Waals surface area contributed by atoms with Crippen molar-refractivity contribution in [1.82, 2.24) is 9.80 Å².